The van der Waals surface area contributed by atoms with Crippen molar-refractivity contribution >= 4 is 5.82 Å². The van der Waals surface area contributed by atoms with Gasteiger partial charge in [0.2, 0.25) is 0 Å². The smallest absolute Gasteiger partial charge is 0.142 e. The van der Waals surface area contributed by atoms with Crippen LogP contribution in [0.2, 0.25) is 0 Å². The van der Waals surface area contributed by atoms with Crippen molar-refractivity contribution in [3.8, 4) is 6.07 Å². The largest absolute Gasteiger partial charge is 0.356 e. The zero-order chi connectivity index (χ0) is 12.3. The summed E-state index contributed by atoms with van der Waals surface area (Å²) in [7, 11) is 4.27. The summed E-state index contributed by atoms with van der Waals surface area (Å²) in [5, 5.41) is 8.84. The minimum atomic E-state index is 0.497. The highest BCUT2D eigenvalue weighted by molar-refractivity contribution is 5.41. The number of nitrogens with zero attached hydrogens (tertiary/aromatic N) is 4. The van der Waals surface area contributed by atoms with E-state index >= 15 is 0 Å². The van der Waals surface area contributed by atoms with E-state index in [2.05, 4.69) is 34.9 Å². The third-order valence-electron chi connectivity index (χ3n) is 3.37. The van der Waals surface area contributed by atoms with E-state index in [1.54, 1.807) is 6.07 Å². The number of aromatic nitrogens is 1. The number of nitriles is 1. The lowest BCUT2D eigenvalue weighted by molar-refractivity contribution is 0.249. The van der Waals surface area contributed by atoms with Crippen LogP contribution < -0.4 is 4.90 Å². The monoisotopic (exact) mass is 230 g/mol. The number of piperidine rings is 1. The van der Waals surface area contributed by atoms with Crippen LogP contribution in [0.1, 0.15) is 18.5 Å². The third-order valence-corrected chi connectivity index (χ3v) is 3.37. The Labute approximate surface area is 102 Å². The molecule has 17 heavy (non-hydrogen) atoms. The van der Waals surface area contributed by atoms with Crippen LogP contribution in [0.4, 0.5) is 5.82 Å². The van der Waals surface area contributed by atoms with Crippen LogP contribution in [0.5, 0.6) is 0 Å². The standard InChI is InChI=1S/C13H18N4/c1-16(2)12-6-8-17(9-7-12)13-5-3-4-11(10-14)15-13/h3-5,12H,6-9H2,1-2H3. The zero-order valence-corrected chi connectivity index (χ0v) is 10.4. The molecule has 4 nitrogen and oxygen atoms in total. The molecule has 1 aromatic heterocycles. The van der Waals surface area contributed by atoms with Gasteiger partial charge in [-0.1, -0.05) is 6.07 Å². The van der Waals surface area contributed by atoms with Crippen molar-refractivity contribution in [1.82, 2.24) is 9.88 Å². The number of hydrogen-bond acceptors (Lipinski definition) is 4. The van der Waals surface area contributed by atoms with Gasteiger partial charge in [-0.05, 0) is 39.1 Å². The van der Waals surface area contributed by atoms with Crippen molar-refractivity contribution in [2.24, 2.45) is 0 Å². The highest BCUT2D eigenvalue weighted by atomic mass is 15.2. The molecule has 1 aliphatic heterocycles. The summed E-state index contributed by atoms with van der Waals surface area (Å²) in [6.07, 6.45) is 2.32. The molecule has 0 N–H and O–H groups in total. The quantitative estimate of drug-likeness (QED) is 0.772. The Bertz CT molecular complexity index is 414. The van der Waals surface area contributed by atoms with Crippen LogP contribution in [0.15, 0.2) is 18.2 Å². The molecular weight excluding hydrogens is 212 g/mol. The Morgan fingerprint density at radius 2 is 2.06 bits per heavy atom. The van der Waals surface area contributed by atoms with Crippen molar-refractivity contribution < 1.29 is 0 Å². The molecule has 0 atom stereocenters. The molecule has 1 aliphatic rings. The van der Waals surface area contributed by atoms with Crippen LogP contribution >= 0.6 is 0 Å². The van der Waals surface area contributed by atoms with E-state index in [0.717, 1.165) is 31.7 Å². The molecule has 1 saturated heterocycles. The predicted octanol–water partition coefficient (Wildman–Crippen LogP) is 1.48. The molecule has 4 heteroatoms. The fourth-order valence-electron chi connectivity index (χ4n) is 2.27. The van der Waals surface area contributed by atoms with Gasteiger partial charge in [0.1, 0.15) is 17.6 Å². The van der Waals surface area contributed by atoms with Crippen molar-refractivity contribution in [3.05, 3.63) is 23.9 Å². The second-order valence-corrected chi connectivity index (χ2v) is 4.67. The van der Waals surface area contributed by atoms with Gasteiger partial charge in [0.15, 0.2) is 0 Å². The van der Waals surface area contributed by atoms with Gasteiger partial charge < -0.3 is 9.80 Å². The summed E-state index contributed by atoms with van der Waals surface area (Å²) >= 11 is 0. The first-order valence-corrected chi connectivity index (χ1v) is 5.99. The van der Waals surface area contributed by atoms with Crippen LogP contribution in [-0.2, 0) is 0 Å². The summed E-state index contributed by atoms with van der Waals surface area (Å²) in [6, 6.07) is 8.39. The van der Waals surface area contributed by atoms with Gasteiger partial charge in [0.05, 0.1) is 0 Å². The summed E-state index contributed by atoms with van der Waals surface area (Å²) in [5.74, 6) is 0.932. The lowest BCUT2D eigenvalue weighted by Gasteiger charge is -2.35. The molecule has 1 aromatic rings. The van der Waals surface area contributed by atoms with E-state index in [9.17, 15) is 0 Å². The Morgan fingerprint density at radius 1 is 1.35 bits per heavy atom. The summed E-state index contributed by atoms with van der Waals surface area (Å²) in [5.41, 5.74) is 0.497. The molecule has 90 valence electrons. The van der Waals surface area contributed by atoms with Crippen LogP contribution in [-0.4, -0.2) is 43.1 Å². The molecule has 0 aromatic carbocycles. The maximum absolute atomic E-state index is 8.84. The topological polar surface area (TPSA) is 43.2 Å². The van der Waals surface area contributed by atoms with Gasteiger partial charge in [-0.25, -0.2) is 4.98 Å². The first-order valence-electron chi connectivity index (χ1n) is 5.99. The fraction of sp³-hybridized carbons (Fsp3) is 0.538. The Balaban J connectivity index is 2.03. The highest BCUT2D eigenvalue weighted by Crippen LogP contribution is 2.19. The third kappa shape index (κ3) is 2.75. The van der Waals surface area contributed by atoms with Gasteiger partial charge >= 0.3 is 0 Å². The maximum atomic E-state index is 8.84. The van der Waals surface area contributed by atoms with E-state index in [-0.39, 0.29) is 0 Å². The maximum Gasteiger partial charge on any atom is 0.142 e. The fourth-order valence-corrected chi connectivity index (χ4v) is 2.27. The molecule has 0 unspecified atom stereocenters. The van der Waals surface area contributed by atoms with Crippen molar-refractivity contribution in [1.29, 1.82) is 5.26 Å². The molecule has 0 saturated carbocycles. The van der Waals surface area contributed by atoms with E-state index in [1.165, 1.54) is 0 Å². The van der Waals surface area contributed by atoms with Gasteiger partial charge in [-0.15, -0.1) is 0 Å². The Morgan fingerprint density at radius 3 is 2.65 bits per heavy atom. The zero-order valence-electron chi connectivity index (χ0n) is 10.4. The molecule has 0 amide bonds. The molecule has 2 rings (SSSR count). The lowest BCUT2D eigenvalue weighted by atomic mass is 10.0. The first-order chi connectivity index (χ1) is 8.20. The van der Waals surface area contributed by atoms with Crippen molar-refractivity contribution in [3.63, 3.8) is 0 Å². The summed E-state index contributed by atoms with van der Waals surface area (Å²) in [4.78, 5) is 8.89. The van der Waals surface area contributed by atoms with Gasteiger partial charge in [-0.3, -0.25) is 0 Å². The molecule has 0 aliphatic carbocycles. The van der Waals surface area contributed by atoms with Gasteiger partial charge in [0.25, 0.3) is 0 Å². The SMILES string of the molecule is CN(C)C1CCN(c2cccc(C#N)n2)CC1. The summed E-state index contributed by atoms with van der Waals surface area (Å²) in [6.45, 7) is 2.04. The average molecular weight is 230 g/mol. The number of hydrogen-bond donors (Lipinski definition) is 0. The molecule has 0 radical (unpaired) electrons. The minimum absolute atomic E-state index is 0.497. The number of pyridine rings is 1. The minimum Gasteiger partial charge on any atom is -0.356 e. The normalized spacial score (nSPS) is 17.2. The lowest BCUT2D eigenvalue weighted by Crippen LogP contribution is -2.42. The first kappa shape index (κ1) is 11.9. The number of anilines is 1. The molecule has 0 spiro atoms. The Hall–Kier alpha value is -1.60. The summed E-state index contributed by atoms with van der Waals surface area (Å²) < 4.78 is 0. The molecule has 1 fully saturated rings. The van der Waals surface area contributed by atoms with Crippen molar-refractivity contribution in [2.45, 2.75) is 18.9 Å². The van der Waals surface area contributed by atoms with Crippen LogP contribution in [0.25, 0.3) is 0 Å². The van der Waals surface area contributed by atoms with E-state index in [0.29, 0.717) is 11.7 Å². The number of rotatable bonds is 2. The second kappa shape index (κ2) is 5.15. The van der Waals surface area contributed by atoms with Gasteiger partial charge in [-0.2, -0.15) is 5.26 Å². The average Bonchev–Trinajstić information content (AvgIpc) is 2.39. The second-order valence-electron chi connectivity index (χ2n) is 4.67. The van der Waals surface area contributed by atoms with E-state index < -0.39 is 0 Å². The van der Waals surface area contributed by atoms with E-state index in [1.807, 2.05) is 12.1 Å². The highest BCUT2D eigenvalue weighted by Gasteiger charge is 2.21. The van der Waals surface area contributed by atoms with Gasteiger partial charge in [0, 0.05) is 19.1 Å². The molecule has 2 heterocycles. The predicted molar refractivity (Wildman–Crippen MR) is 67.9 cm³/mol. The molecular formula is C13H18N4. The van der Waals surface area contributed by atoms with Crippen LogP contribution in [0, 0.1) is 11.3 Å². The Kier molecular flexibility index (Phi) is 3.60. The molecule has 0 bridgehead atoms. The van der Waals surface area contributed by atoms with Crippen LogP contribution in [0.3, 0.4) is 0 Å². The van der Waals surface area contributed by atoms with Crippen molar-refractivity contribution in [2.75, 3.05) is 32.1 Å². The van der Waals surface area contributed by atoms with E-state index in [4.69, 9.17) is 5.26 Å².